The van der Waals surface area contributed by atoms with Gasteiger partial charge in [-0.2, -0.15) is 0 Å². The SMILES string of the molecule is O[C@H]1CCc2ccc(OC(F)(F)F)cc21. The van der Waals surface area contributed by atoms with E-state index in [1.807, 2.05) is 0 Å². The van der Waals surface area contributed by atoms with Gasteiger partial charge < -0.3 is 9.84 Å². The van der Waals surface area contributed by atoms with Gasteiger partial charge in [0.15, 0.2) is 0 Å². The Morgan fingerprint density at radius 1 is 1.33 bits per heavy atom. The van der Waals surface area contributed by atoms with Gasteiger partial charge >= 0.3 is 6.36 Å². The Labute approximate surface area is 84.3 Å². The van der Waals surface area contributed by atoms with Gasteiger partial charge in [-0.15, -0.1) is 13.2 Å². The molecule has 0 fully saturated rings. The molecule has 1 aromatic rings. The molecule has 0 amide bonds. The molecule has 15 heavy (non-hydrogen) atoms. The van der Waals surface area contributed by atoms with Crippen LogP contribution in [0.15, 0.2) is 18.2 Å². The quantitative estimate of drug-likeness (QED) is 0.784. The molecule has 0 saturated carbocycles. The number of halogens is 3. The first-order chi connectivity index (χ1) is 6.96. The molecular weight excluding hydrogens is 209 g/mol. The number of aliphatic hydroxyl groups excluding tert-OH is 1. The summed E-state index contributed by atoms with van der Waals surface area (Å²) in [6, 6.07) is 4.08. The summed E-state index contributed by atoms with van der Waals surface area (Å²) in [5.74, 6) is -0.276. The summed E-state index contributed by atoms with van der Waals surface area (Å²) in [5, 5.41) is 9.47. The number of ether oxygens (including phenoxy) is 1. The average Bonchev–Trinajstić information content (AvgIpc) is 2.45. The van der Waals surface area contributed by atoms with Crippen molar-refractivity contribution in [1.29, 1.82) is 0 Å². The van der Waals surface area contributed by atoms with Crippen LogP contribution < -0.4 is 4.74 Å². The van der Waals surface area contributed by atoms with Crippen molar-refractivity contribution in [2.75, 3.05) is 0 Å². The largest absolute Gasteiger partial charge is 0.573 e. The van der Waals surface area contributed by atoms with Crippen molar-refractivity contribution in [3.05, 3.63) is 29.3 Å². The van der Waals surface area contributed by atoms with Crippen molar-refractivity contribution in [1.82, 2.24) is 0 Å². The smallest absolute Gasteiger partial charge is 0.406 e. The van der Waals surface area contributed by atoms with E-state index in [4.69, 9.17) is 0 Å². The maximum absolute atomic E-state index is 11.9. The van der Waals surface area contributed by atoms with Gasteiger partial charge in [0.2, 0.25) is 0 Å². The molecule has 2 rings (SSSR count). The number of rotatable bonds is 1. The second kappa shape index (κ2) is 3.41. The van der Waals surface area contributed by atoms with Gasteiger partial charge in [0.25, 0.3) is 0 Å². The summed E-state index contributed by atoms with van der Waals surface area (Å²) >= 11 is 0. The van der Waals surface area contributed by atoms with Crippen molar-refractivity contribution in [2.24, 2.45) is 0 Å². The average molecular weight is 218 g/mol. The van der Waals surface area contributed by atoms with E-state index in [1.165, 1.54) is 12.1 Å². The Morgan fingerprint density at radius 3 is 2.73 bits per heavy atom. The van der Waals surface area contributed by atoms with Crippen molar-refractivity contribution >= 4 is 0 Å². The Morgan fingerprint density at radius 2 is 2.07 bits per heavy atom. The summed E-state index contributed by atoms with van der Waals surface area (Å²) in [7, 11) is 0. The highest BCUT2D eigenvalue weighted by atomic mass is 19.4. The summed E-state index contributed by atoms with van der Waals surface area (Å²) in [6.45, 7) is 0. The second-order valence-corrected chi connectivity index (χ2v) is 3.46. The summed E-state index contributed by atoms with van der Waals surface area (Å²) in [5.41, 5.74) is 1.42. The van der Waals surface area contributed by atoms with Gasteiger partial charge in [-0.1, -0.05) is 6.07 Å². The summed E-state index contributed by atoms with van der Waals surface area (Å²) < 4.78 is 39.5. The van der Waals surface area contributed by atoms with Crippen molar-refractivity contribution in [3.63, 3.8) is 0 Å². The highest BCUT2D eigenvalue weighted by molar-refractivity contribution is 5.39. The highest BCUT2D eigenvalue weighted by Gasteiger charge is 2.32. The molecular formula is C10H9F3O2. The lowest BCUT2D eigenvalue weighted by Gasteiger charge is -2.11. The van der Waals surface area contributed by atoms with Crippen LogP contribution in [-0.4, -0.2) is 11.5 Å². The molecule has 0 aromatic heterocycles. The molecule has 1 aliphatic carbocycles. The normalized spacial score (nSPS) is 20.1. The van der Waals surface area contributed by atoms with Crippen molar-refractivity contribution in [2.45, 2.75) is 25.3 Å². The zero-order valence-corrected chi connectivity index (χ0v) is 7.71. The number of alkyl halides is 3. The third kappa shape index (κ3) is 2.23. The predicted octanol–water partition coefficient (Wildman–Crippen LogP) is 2.56. The molecule has 0 radical (unpaired) electrons. The molecule has 1 N–H and O–H groups in total. The molecule has 0 saturated heterocycles. The van der Waals surface area contributed by atoms with E-state index in [2.05, 4.69) is 4.74 Å². The zero-order valence-electron chi connectivity index (χ0n) is 7.71. The lowest BCUT2D eigenvalue weighted by atomic mass is 10.1. The van der Waals surface area contributed by atoms with Crippen LogP contribution in [0.3, 0.4) is 0 Å². The van der Waals surface area contributed by atoms with Crippen molar-refractivity contribution in [3.8, 4) is 5.75 Å². The summed E-state index contributed by atoms with van der Waals surface area (Å²) in [6.07, 6.45) is -4.09. The van der Waals surface area contributed by atoms with Gasteiger partial charge in [0.1, 0.15) is 5.75 Å². The lowest BCUT2D eigenvalue weighted by molar-refractivity contribution is -0.274. The second-order valence-electron chi connectivity index (χ2n) is 3.46. The Hall–Kier alpha value is -1.23. The third-order valence-corrected chi connectivity index (χ3v) is 2.40. The molecule has 0 aliphatic heterocycles. The van der Waals surface area contributed by atoms with Gasteiger partial charge in [-0.25, -0.2) is 0 Å². The first-order valence-corrected chi connectivity index (χ1v) is 4.52. The molecule has 0 spiro atoms. The van der Waals surface area contributed by atoms with Gasteiger partial charge in [0, 0.05) is 0 Å². The molecule has 5 heteroatoms. The fraction of sp³-hybridized carbons (Fsp3) is 0.400. The van der Waals surface area contributed by atoms with Crippen LogP contribution in [0.25, 0.3) is 0 Å². The maximum atomic E-state index is 11.9. The van der Waals surface area contributed by atoms with Gasteiger partial charge in [-0.3, -0.25) is 0 Å². The van der Waals surface area contributed by atoms with E-state index in [-0.39, 0.29) is 5.75 Å². The van der Waals surface area contributed by atoms with Crippen LogP contribution in [0, 0.1) is 0 Å². The highest BCUT2D eigenvalue weighted by Crippen LogP contribution is 2.34. The minimum atomic E-state index is -4.68. The van der Waals surface area contributed by atoms with Crippen LogP contribution in [0.4, 0.5) is 13.2 Å². The Kier molecular flexibility index (Phi) is 2.34. The van der Waals surface area contributed by atoms with Crippen LogP contribution >= 0.6 is 0 Å². The topological polar surface area (TPSA) is 29.5 Å². The van der Waals surface area contributed by atoms with Gasteiger partial charge in [-0.05, 0) is 36.1 Å². The fourth-order valence-corrected chi connectivity index (χ4v) is 1.76. The van der Waals surface area contributed by atoms with E-state index in [0.717, 1.165) is 5.56 Å². The van der Waals surface area contributed by atoms with Crippen LogP contribution in [-0.2, 0) is 6.42 Å². The zero-order chi connectivity index (χ0) is 11.1. The minimum absolute atomic E-state index is 0.276. The van der Waals surface area contributed by atoms with E-state index in [9.17, 15) is 18.3 Å². The Bertz CT molecular complexity index is 373. The number of aliphatic hydroxyl groups is 1. The summed E-state index contributed by atoms with van der Waals surface area (Å²) in [4.78, 5) is 0. The van der Waals surface area contributed by atoms with Crippen LogP contribution in [0.1, 0.15) is 23.7 Å². The fourth-order valence-electron chi connectivity index (χ4n) is 1.76. The first kappa shape index (κ1) is 10.3. The number of hydrogen-bond donors (Lipinski definition) is 1. The number of aryl methyl sites for hydroxylation is 1. The number of hydrogen-bond acceptors (Lipinski definition) is 2. The Balaban J connectivity index is 2.26. The molecule has 1 aliphatic rings. The third-order valence-electron chi connectivity index (χ3n) is 2.40. The standard InChI is InChI=1S/C10H9F3O2/c11-10(12,13)15-7-3-1-6-2-4-9(14)8(6)5-7/h1,3,5,9,14H,2,4H2/t9-/m0/s1. The number of benzene rings is 1. The van der Waals surface area contributed by atoms with Crippen molar-refractivity contribution < 1.29 is 23.0 Å². The minimum Gasteiger partial charge on any atom is -0.406 e. The molecule has 1 atom stereocenters. The molecule has 2 nitrogen and oxygen atoms in total. The number of fused-ring (bicyclic) bond motifs is 1. The monoisotopic (exact) mass is 218 g/mol. The molecule has 0 bridgehead atoms. The molecule has 0 heterocycles. The molecule has 1 aromatic carbocycles. The predicted molar refractivity (Wildman–Crippen MR) is 46.4 cm³/mol. The maximum Gasteiger partial charge on any atom is 0.573 e. The van der Waals surface area contributed by atoms with E-state index >= 15 is 0 Å². The van der Waals surface area contributed by atoms with Crippen LogP contribution in [0.5, 0.6) is 5.75 Å². The molecule has 0 unspecified atom stereocenters. The van der Waals surface area contributed by atoms with Gasteiger partial charge in [0.05, 0.1) is 6.10 Å². The van der Waals surface area contributed by atoms with Crippen LogP contribution in [0.2, 0.25) is 0 Å². The van der Waals surface area contributed by atoms with E-state index < -0.39 is 12.5 Å². The lowest BCUT2D eigenvalue weighted by Crippen LogP contribution is -2.17. The van der Waals surface area contributed by atoms with E-state index in [0.29, 0.717) is 18.4 Å². The van der Waals surface area contributed by atoms with E-state index in [1.54, 1.807) is 6.07 Å². The first-order valence-electron chi connectivity index (χ1n) is 4.52. The molecule has 82 valence electrons.